The van der Waals surface area contributed by atoms with E-state index >= 15 is 0 Å². The van der Waals surface area contributed by atoms with Gasteiger partial charge in [-0.1, -0.05) is 5.16 Å². The van der Waals surface area contributed by atoms with Crippen LogP contribution in [0.25, 0.3) is 11.0 Å². The zero-order chi connectivity index (χ0) is 18.3. The minimum Gasteiger partial charge on any atom is -0.356 e. The molecule has 0 spiro atoms. The van der Waals surface area contributed by atoms with Gasteiger partial charge in [-0.15, -0.1) is 0 Å². The summed E-state index contributed by atoms with van der Waals surface area (Å²) in [6, 6.07) is 7.20. The molecule has 0 saturated carbocycles. The Labute approximate surface area is 148 Å². The number of carbonyl (C=O) groups excluding carboxylic acids is 1. The van der Waals surface area contributed by atoms with Gasteiger partial charge in [-0.25, -0.2) is 9.07 Å². The maximum absolute atomic E-state index is 13.3. The predicted octanol–water partition coefficient (Wildman–Crippen LogP) is 2.08. The minimum atomic E-state index is -0.356. The number of fused-ring (bicyclic) bond motifs is 1. The van der Waals surface area contributed by atoms with Crippen LogP contribution in [0.3, 0.4) is 0 Å². The summed E-state index contributed by atoms with van der Waals surface area (Å²) in [5.74, 6) is -0.393. The van der Waals surface area contributed by atoms with E-state index in [0.717, 1.165) is 28.6 Å². The number of aromatic nitrogens is 3. The monoisotopic (exact) mass is 356 g/mol. The molecular formula is C18H17FN4O3. The number of benzene rings is 1. The summed E-state index contributed by atoms with van der Waals surface area (Å²) >= 11 is 0. The zero-order valence-corrected chi connectivity index (χ0v) is 14.2. The smallest absolute Gasteiger partial charge is 0.274 e. The fourth-order valence-corrected chi connectivity index (χ4v) is 3.36. The summed E-state index contributed by atoms with van der Waals surface area (Å²) in [6.07, 6.45) is 1.47. The molecule has 0 aliphatic carbocycles. The number of halogens is 1. The standard InChI is InChI=1S/C18H17FN4O3/c1-22-16(24)5-4-14(20-22)18(25)23-8-6-11(7-9-23)17-13-3-2-12(19)10-15(13)26-21-17/h2-5,10-11H,6-9H2,1H3. The van der Waals surface area contributed by atoms with Crippen LogP contribution in [0, 0.1) is 5.82 Å². The van der Waals surface area contributed by atoms with Crippen LogP contribution >= 0.6 is 0 Å². The highest BCUT2D eigenvalue weighted by Crippen LogP contribution is 2.33. The molecule has 1 aliphatic rings. The molecular weight excluding hydrogens is 339 g/mol. The molecule has 134 valence electrons. The van der Waals surface area contributed by atoms with Crippen LogP contribution in [-0.4, -0.2) is 38.8 Å². The van der Waals surface area contributed by atoms with Gasteiger partial charge in [0.25, 0.3) is 11.5 Å². The number of hydrogen-bond acceptors (Lipinski definition) is 5. The SMILES string of the molecule is Cn1nc(C(=O)N2CCC(c3noc4cc(F)ccc34)CC2)ccc1=O. The summed E-state index contributed by atoms with van der Waals surface area (Å²) in [4.78, 5) is 25.7. The third-order valence-electron chi connectivity index (χ3n) is 4.81. The van der Waals surface area contributed by atoms with Crippen molar-refractivity contribution in [1.82, 2.24) is 19.8 Å². The molecule has 8 heteroatoms. The van der Waals surface area contributed by atoms with Gasteiger partial charge in [0.1, 0.15) is 11.5 Å². The van der Waals surface area contributed by atoms with Gasteiger partial charge < -0.3 is 9.42 Å². The predicted molar refractivity (Wildman–Crippen MR) is 91.3 cm³/mol. The number of likely N-dealkylation sites (tertiary alicyclic amines) is 1. The van der Waals surface area contributed by atoms with Gasteiger partial charge in [-0.05, 0) is 31.0 Å². The van der Waals surface area contributed by atoms with Gasteiger partial charge >= 0.3 is 0 Å². The van der Waals surface area contributed by atoms with Gasteiger partial charge in [0.05, 0.1) is 5.69 Å². The lowest BCUT2D eigenvalue weighted by atomic mass is 9.91. The van der Waals surface area contributed by atoms with E-state index in [-0.39, 0.29) is 28.9 Å². The summed E-state index contributed by atoms with van der Waals surface area (Å²) < 4.78 is 19.7. The molecule has 0 bridgehead atoms. The van der Waals surface area contributed by atoms with Crippen molar-refractivity contribution in [2.75, 3.05) is 13.1 Å². The van der Waals surface area contributed by atoms with Gasteiger partial charge in [0.15, 0.2) is 5.58 Å². The molecule has 1 fully saturated rings. The molecule has 0 atom stereocenters. The highest BCUT2D eigenvalue weighted by molar-refractivity contribution is 5.92. The van der Waals surface area contributed by atoms with Gasteiger partial charge in [-0.3, -0.25) is 9.59 Å². The maximum atomic E-state index is 13.3. The molecule has 1 saturated heterocycles. The summed E-state index contributed by atoms with van der Waals surface area (Å²) in [7, 11) is 1.52. The first kappa shape index (κ1) is 16.4. The van der Waals surface area contributed by atoms with E-state index in [1.165, 1.54) is 31.3 Å². The summed E-state index contributed by atoms with van der Waals surface area (Å²) in [5, 5.41) is 8.95. The Hall–Kier alpha value is -3.03. The molecule has 1 aromatic carbocycles. The normalized spacial score (nSPS) is 15.5. The van der Waals surface area contributed by atoms with E-state index in [9.17, 15) is 14.0 Å². The number of piperidine rings is 1. The van der Waals surface area contributed by atoms with Gasteiger partial charge in [0.2, 0.25) is 0 Å². The quantitative estimate of drug-likeness (QED) is 0.702. The Kier molecular flexibility index (Phi) is 4.02. The Morgan fingerprint density at radius 3 is 2.73 bits per heavy atom. The van der Waals surface area contributed by atoms with Crippen molar-refractivity contribution in [3.05, 3.63) is 57.9 Å². The molecule has 0 unspecified atom stereocenters. The first-order valence-electron chi connectivity index (χ1n) is 8.41. The van der Waals surface area contributed by atoms with E-state index in [1.54, 1.807) is 11.0 Å². The van der Waals surface area contributed by atoms with Gasteiger partial charge in [0, 0.05) is 43.6 Å². The van der Waals surface area contributed by atoms with Crippen molar-refractivity contribution >= 4 is 16.9 Å². The molecule has 3 aromatic rings. The third-order valence-corrected chi connectivity index (χ3v) is 4.81. The van der Waals surface area contributed by atoms with E-state index in [4.69, 9.17) is 4.52 Å². The molecule has 4 rings (SSSR count). The lowest BCUT2D eigenvalue weighted by Gasteiger charge is -2.31. The van der Waals surface area contributed by atoms with Crippen molar-refractivity contribution in [2.45, 2.75) is 18.8 Å². The Bertz CT molecular complexity index is 1030. The molecule has 0 N–H and O–H groups in total. The van der Waals surface area contributed by atoms with Crippen LogP contribution in [0.4, 0.5) is 4.39 Å². The number of nitrogens with zero attached hydrogens (tertiary/aromatic N) is 4. The number of carbonyl (C=O) groups is 1. The highest BCUT2D eigenvalue weighted by atomic mass is 19.1. The van der Waals surface area contributed by atoms with Crippen LogP contribution in [0.5, 0.6) is 0 Å². The topological polar surface area (TPSA) is 81.2 Å². The Morgan fingerprint density at radius 2 is 2.00 bits per heavy atom. The molecule has 2 aromatic heterocycles. The van der Waals surface area contributed by atoms with Crippen LogP contribution in [-0.2, 0) is 7.05 Å². The first-order valence-corrected chi connectivity index (χ1v) is 8.41. The van der Waals surface area contributed by atoms with Gasteiger partial charge in [-0.2, -0.15) is 5.10 Å². The minimum absolute atomic E-state index is 0.152. The fourth-order valence-electron chi connectivity index (χ4n) is 3.36. The summed E-state index contributed by atoms with van der Waals surface area (Å²) in [6.45, 7) is 1.12. The highest BCUT2D eigenvalue weighted by Gasteiger charge is 2.28. The second kappa shape index (κ2) is 6.36. The second-order valence-electron chi connectivity index (χ2n) is 6.46. The van der Waals surface area contributed by atoms with E-state index in [0.29, 0.717) is 18.7 Å². The van der Waals surface area contributed by atoms with Crippen molar-refractivity contribution < 1.29 is 13.7 Å². The molecule has 0 radical (unpaired) electrons. The lowest BCUT2D eigenvalue weighted by molar-refractivity contribution is 0.0703. The molecule has 7 nitrogen and oxygen atoms in total. The fraction of sp³-hybridized carbons (Fsp3) is 0.333. The van der Waals surface area contributed by atoms with E-state index < -0.39 is 0 Å². The first-order chi connectivity index (χ1) is 12.5. The number of amides is 1. The van der Waals surface area contributed by atoms with Crippen LogP contribution < -0.4 is 5.56 Å². The van der Waals surface area contributed by atoms with Crippen LogP contribution in [0.1, 0.15) is 34.9 Å². The lowest BCUT2D eigenvalue weighted by Crippen LogP contribution is -2.39. The third kappa shape index (κ3) is 2.87. The van der Waals surface area contributed by atoms with E-state index in [2.05, 4.69) is 10.3 Å². The second-order valence-corrected chi connectivity index (χ2v) is 6.46. The average Bonchev–Trinajstić information content (AvgIpc) is 3.06. The van der Waals surface area contributed by atoms with Crippen molar-refractivity contribution in [3.63, 3.8) is 0 Å². The molecule has 1 aliphatic heterocycles. The van der Waals surface area contributed by atoms with E-state index in [1.807, 2.05) is 0 Å². The number of hydrogen-bond donors (Lipinski definition) is 0. The average molecular weight is 356 g/mol. The number of aryl methyl sites for hydroxylation is 1. The van der Waals surface area contributed by atoms with Crippen molar-refractivity contribution in [3.8, 4) is 0 Å². The van der Waals surface area contributed by atoms with Crippen molar-refractivity contribution in [1.29, 1.82) is 0 Å². The van der Waals surface area contributed by atoms with Crippen LogP contribution in [0.15, 0.2) is 39.6 Å². The number of rotatable bonds is 2. The van der Waals surface area contributed by atoms with Crippen LogP contribution in [0.2, 0.25) is 0 Å². The Morgan fingerprint density at radius 1 is 1.23 bits per heavy atom. The molecule has 1 amide bonds. The zero-order valence-electron chi connectivity index (χ0n) is 14.2. The largest absolute Gasteiger partial charge is 0.356 e. The van der Waals surface area contributed by atoms with Crippen molar-refractivity contribution in [2.24, 2.45) is 7.05 Å². The molecule has 26 heavy (non-hydrogen) atoms. The summed E-state index contributed by atoms with van der Waals surface area (Å²) in [5.41, 5.74) is 1.25. The maximum Gasteiger partial charge on any atom is 0.274 e. The molecule has 3 heterocycles. The Balaban J connectivity index is 1.49.